The second-order valence-electron chi connectivity index (χ2n) is 8.87. The van der Waals surface area contributed by atoms with Gasteiger partial charge in [-0.15, -0.1) is 0 Å². The Morgan fingerprint density at radius 1 is 1.36 bits per heavy atom. The van der Waals surface area contributed by atoms with Crippen molar-refractivity contribution in [2.24, 2.45) is 22.7 Å². The Labute approximate surface area is 148 Å². The summed E-state index contributed by atoms with van der Waals surface area (Å²) in [6, 6.07) is 1.93. The van der Waals surface area contributed by atoms with Crippen molar-refractivity contribution in [1.29, 1.82) is 0 Å². The summed E-state index contributed by atoms with van der Waals surface area (Å²) in [6.07, 6.45) is 5.69. The molecule has 0 spiro atoms. The van der Waals surface area contributed by atoms with Crippen molar-refractivity contribution < 1.29 is 24.2 Å². The van der Waals surface area contributed by atoms with Gasteiger partial charge >= 0.3 is 5.97 Å². The van der Waals surface area contributed by atoms with Gasteiger partial charge in [0.2, 0.25) is 0 Å². The molecule has 0 amide bonds. The maximum atomic E-state index is 12.6. The lowest BCUT2D eigenvalue weighted by atomic mass is 9.43. The quantitative estimate of drug-likeness (QED) is 0.821. The normalized spacial score (nSPS) is 48.9. The van der Waals surface area contributed by atoms with Gasteiger partial charge in [-0.05, 0) is 56.6 Å². The highest BCUT2D eigenvalue weighted by atomic mass is 16.6. The molecule has 2 aliphatic carbocycles. The summed E-state index contributed by atoms with van der Waals surface area (Å²) < 4.78 is 10.9. The Balaban J connectivity index is 1.72. The minimum absolute atomic E-state index is 0.0241. The summed E-state index contributed by atoms with van der Waals surface area (Å²) in [4.78, 5) is 12.6. The van der Waals surface area contributed by atoms with E-state index in [1.54, 1.807) is 12.5 Å². The molecule has 1 aromatic rings. The number of carbonyl (C=O) groups excluding carboxylic acids is 1. The minimum atomic E-state index is -0.915. The van der Waals surface area contributed by atoms with Crippen LogP contribution in [0.3, 0.4) is 0 Å². The molecule has 1 aliphatic heterocycles. The SMILES string of the molecule is C[C@@H]1CC2OC(=O)[C@]3(C)C2[C@](C)(CC[C@H]3O)[C@@]1(O)CCc1ccoc1. The number of rotatable bonds is 3. The van der Waals surface area contributed by atoms with E-state index >= 15 is 0 Å². The number of aliphatic hydroxyl groups is 2. The lowest BCUT2D eigenvalue weighted by Gasteiger charge is -2.62. The monoisotopic (exact) mass is 348 g/mol. The van der Waals surface area contributed by atoms with E-state index in [9.17, 15) is 15.0 Å². The number of hydrogen-bond donors (Lipinski definition) is 2. The first kappa shape index (κ1) is 17.1. The van der Waals surface area contributed by atoms with E-state index in [2.05, 4.69) is 13.8 Å². The van der Waals surface area contributed by atoms with Gasteiger partial charge in [0, 0.05) is 11.3 Å². The van der Waals surface area contributed by atoms with E-state index in [4.69, 9.17) is 9.15 Å². The maximum Gasteiger partial charge on any atom is 0.315 e. The topological polar surface area (TPSA) is 79.9 Å². The Morgan fingerprint density at radius 3 is 2.80 bits per heavy atom. The van der Waals surface area contributed by atoms with Crippen LogP contribution in [0, 0.1) is 22.7 Å². The van der Waals surface area contributed by atoms with Crippen LogP contribution in [0.1, 0.15) is 52.0 Å². The smallest absolute Gasteiger partial charge is 0.315 e. The molecule has 138 valence electrons. The lowest BCUT2D eigenvalue weighted by molar-refractivity contribution is -0.232. The molecular weight excluding hydrogens is 320 g/mol. The van der Waals surface area contributed by atoms with Crippen molar-refractivity contribution in [3.05, 3.63) is 24.2 Å². The van der Waals surface area contributed by atoms with Crippen LogP contribution in [0.5, 0.6) is 0 Å². The van der Waals surface area contributed by atoms with E-state index < -0.39 is 22.5 Å². The number of esters is 1. The van der Waals surface area contributed by atoms with Gasteiger partial charge in [-0.3, -0.25) is 4.79 Å². The summed E-state index contributed by atoms with van der Waals surface area (Å²) in [5.74, 6) is -0.426. The Hall–Kier alpha value is -1.33. The van der Waals surface area contributed by atoms with Crippen molar-refractivity contribution in [3.8, 4) is 0 Å². The highest BCUT2D eigenvalue weighted by molar-refractivity contribution is 5.80. The van der Waals surface area contributed by atoms with Crippen molar-refractivity contribution in [2.45, 2.75) is 70.7 Å². The molecule has 2 saturated carbocycles. The van der Waals surface area contributed by atoms with Crippen LogP contribution >= 0.6 is 0 Å². The molecule has 5 nitrogen and oxygen atoms in total. The predicted octanol–water partition coefficient (Wildman–Crippen LogP) is 2.69. The molecule has 25 heavy (non-hydrogen) atoms. The minimum Gasteiger partial charge on any atom is -0.472 e. The second-order valence-corrected chi connectivity index (χ2v) is 8.87. The Morgan fingerprint density at radius 2 is 2.12 bits per heavy atom. The predicted molar refractivity (Wildman–Crippen MR) is 90.6 cm³/mol. The number of aliphatic hydroxyl groups excluding tert-OH is 1. The van der Waals surface area contributed by atoms with Crippen LogP contribution in [0.2, 0.25) is 0 Å². The molecule has 5 heteroatoms. The summed E-state index contributed by atoms with van der Waals surface area (Å²) in [7, 11) is 0. The number of hydrogen-bond acceptors (Lipinski definition) is 5. The van der Waals surface area contributed by atoms with E-state index in [-0.39, 0.29) is 23.9 Å². The van der Waals surface area contributed by atoms with E-state index in [1.165, 1.54) is 0 Å². The second kappa shape index (κ2) is 5.34. The fourth-order valence-electron chi connectivity index (χ4n) is 6.23. The van der Waals surface area contributed by atoms with Gasteiger partial charge in [0.15, 0.2) is 0 Å². The van der Waals surface area contributed by atoms with Crippen molar-refractivity contribution in [1.82, 2.24) is 0 Å². The molecule has 0 bridgehead atoms. The van der Waals surface area contributed by atoms with Crippen LogP contribution < -0.4 is 0 Å². The lowest BCUT2D eigenvalue weighted by Crippen LogP contribution is -2.67. The molecule has 2 N–H and O–H groups in total. The summed E-state index contributed by atoms with van der Waals surface area (Å²) in [5, 5.41) is 22.5. The zero-order valence-electron chi connectivity index (χ0n) is 15.2. The van der Waals surface area contributed by atoms with Crippen molar-refractivity contribution in [3.63, 3.8) is 0 Å². The van der Waals surface area contributed by atoms with E-state index in [1.807, 2.05) is 13.0 Å². The van der Waals surface area contributed by atoms with Gasteiger partial charge in [-0.25, -0.2) is 0 Å². The molecule has 2 heterocycles. The Kier molecular flexibility index (Phi) is 3.65. The standard InChI is InChI=1S/C20H28O5/c1-12-10-14-16-18(2,7-5-15(21)19(16,3)17(22)25-14)20(12,23)8-4-13-6-9-24-11-13/h6,9,11-12,14-16,21,23H,4-5,7-8,10H2,1-3H3/t12-,14?,15-,16?,18+,19+,20-/m1/s1. The third-order valence-corrected chi connectivity index (χ3v) is 7.80. The first-order valence-corrected chi connectivity index (χ1v) is 9.36. The molecular formula is C20H28O5. The van der Waals surface area contributed by atoms with Crippen LogP contribution in [-0.4, -0.2) is 34.0 Å². The van der Waals surface area contributed by atoms with Crippen molar-refractivity contribution in [2.75, 3.05) is 0 Å². The molecule has 2 unspecified atom stereocenters. The highest BCUT2D eigenvalue weighted by Gasteiger charge is 2.73. The average Bonchev–Trinajstić information content (AvgIpc) is 3.16. The van der Waals surface area contributed by atoms with Crippen LogP contribution in [0.4, 0.5) is 0 Å². The van der Waals surface area contributed by atoms with Crippen molar-refractivity contribution >= 4 is 5.97 Å². The van der Waals surface area contributed by atoms with Gasteiger partial charge in [0.1, 0.15) is 6.10 Å². The van der Waals surface area contributed by atoms with E-state index in [0.717, 1.165) is 12.0 Å². The first-order valence-electron chi connectivity index (χ1n) is 9.36. The zero-order valence-corrected chi connectivity index (χ0v) is 15.2. The number of carbonyl (C=O) groups is 1. The third kappa shape index (κ3) is 2.05. The van der Waals surface area contributed by atoms with Crippen LogP contribution in [0.25, 0.3) is 0 Å². The molecule has 1 aromatic heterocycles. The van der Waals surface area contributed by atoms with Gasteiger partial charge in [-0.1, -0.05) is 13.8 Å². The molecule has 4 rings (SSSR count). The third-order valence-electron chi connectivity index (χ3n) is 7.80. The fourth-order valence-corrected chi connectivity index (χ4v) is 6.23. The molecule has 7 atom stereocenters. The van der Waals surface area contributed by atoms with E-state index in [0.29, 0.717) is 25.7 Å². The Bertz CT molecular complexity index is 670. The largest absolute Gasteiger partial charge is 0.472 e. The number of aryl methyl sites for hydroxylation is 1. The number of furan rings is 1. The van der Waals surface area contributed by atoms with Gasteiger partial charge < -0.3 is 19.4 Å². The van der Waals surface area contributed by atoms with Crippen LogP contribution in [-0.2, 0) is 16.0 Å². The molecule has 3 fully saturated rings. The summed E-state index contributed by atoms with van der Waals surface area (Å²) in [6.45, 7) is 5.99. The van der Waals surface area contributed by atoms with Crippen LogP contribution in [0.15, 0.2) is 23.0 Å². The zero-order chi connectivity index (χ0) is 18.0. The highest BCUT2D eigenvalue weighted by Crippen LogP contribution is 2.67. The first-order chi connectivity index (χ1) is 11.7. The van der Waals surface area contributed by atoms with Gasteiger partial charge in [-0.2, -0.15) is 0 Å². The molecule has 1 saturated heterocycles. The van der Waals surface area contributed by atoms with Gasteiger partial charge in [0.05, 0.1) is 29.6 Å². The maximum absolute atomic E-state index is 12.6. The summed E-state index contributed by atoms with van der Waals surface area (Å²) in [5.41, 5.74) is -1.20. The summed E-state index contributed by atoms with van der Waals surface area (Å²) >= 11 is 0. The average molecular weight is 348 g/mol. The molecule has 3 aliphatic rings. The number of ether oxygens (including phenoxy) is 1. The fraction of sp³-hybridized carbons (Fsp3) is 0.750. The molecule has 0 radical (unpaired) electrons. The van der Waals surface area contributed by atoms with Gasteiger partial charge in [0.25, 0.3) is 0 Å². The molecule has 0 aromatic carbocycles.